The predicted octanol–water partition coefficient (Wildman–Crippen LogP) is 2.98. The first-order chi connectivity index (χ1) is 6.83. The number of halogens is 1. The lowest BCUT2D eigenvalue weighted by molar-refractivity contribution is 0.540. The van der Waals surface area contributed by atoms with E-state index < -0.39 is 0 Å². The van der Waals surface area contributed by atoms with E-state index in [-0.39, 0.29) is 0 Å². The number of fused-ring (bicyclic) bond motifs is 1. The Hall–Kier alpha value is -0.990. The summed E-state index contributed by atoms with van der Waals surface area (Å²) in [6, 6.07) is 7.78. The third kappa shape index (κ3) is 1.63. The average Bonchev–Trinajstić information content (AvgIpc) is 2.54. The van der Waals surface area contributed by atoms with Crippen LogP contribution in [0.15, 0.2) is 28.7 Å². The second-order valence-electron chi connectivity index (χ2n) is 3.23. The zero-order valence-electron chi connectivity index (χ0n) is 7.79. The molecule has 2 N–H and O–H groups in total. The van der Waals surface area contributed by atoms with Crippen LogP contribution in [0, 0.1) is 0 Å². The maximum absolute atomic E-state index is 6.16. The summed E-state index contributed by atoms with van der Waals surface area (Å²) in [6.45, 7) is 0.660. The van der Waals surface area contributed by atoms with Gasteiger partial charge in [-0.2, -0.15) is 0 Å². The second kappa shape index (κ2) is 4.03. The summed E-state index contributed by atoms with van der Waals surface area (Å²) in [6.07, 6.45) is 1.71. The third-order valence-corrected chi connectivity index (χ3v) is 2.62. The number of rotatable bonds is 3. The first-order valence-electron chi connectivity index (χ1n) is 4.69. The molecule has 0 saturated carbocycles. The molecular formula is C11H12ClNO. The van der Waals surface area contributed by atoms with Crippen LogP contribution in [-0.4, -0.2) is 6.54 Å². The second-order valence-corrected chi connectivity index (χ2v) is 3.61. The largest absolute Gasteiger partial charge is 0.459 e. The normalized spacial score (nSPS) is 11.0. The van der Waals surface area contributed by atoms with Crippen molar-refractivity contribution < 1.29 is 4.42 Å². The number of hydrogen-bond acceptors (Lipinski definition) is 2. The molecule has 14 heavy (non-hydrogen) atoms. The van der Waals surface area contributed by atoms with E-state index in [9.17, 15) is 0 Å². The smallest absolute Gasteiger partial charge is 0.135 e. The van der Waals surface area contributed by atoms with Gasteiger partial charge in [-0.15, -0.1) is 0 Å². The van der Waals surface area contributed by atoms with Crippen molar-refractivity contribution in [2.45, 2.75) is 12.8 Å². The van der Waals surface area contributed by atoms with Crippen LogP contribution in [0.2, 0.25) is 5.02 Å². The van der Waals surface area contributed by atoms with Crippen molar-refractivity contribution in [3.63, 3.8) is 0 Å². The Balaban J connectivity index is 2.41. The van der Waals surface area contributed by atoms with Gasteiger partial charge in [0.15, 0.2) is 0 Å². The summed E-state index contributed by atoms with van der Waals surface area (Å²) in [5.74, 6) is 0.846. The van der Waals surface area contributed by atoms with Crippen LogP contribution >= 0.6 is 11.6 Å². The molecule has 2 nitrogen and oxygen atoms in total. The van der Waals surface area contributed by atoms with Gasteiger partial charge in [0, 0.05) is 11.8 Å². The molecule has 74 valence electrons. The number of benzene rings is 1. The SMILES string of the molecule is NCCCc1oc2ccccc2c1Cl. The van der Waals surface area contributed by atoms with Gasteiger partial charge in [0.2, 0.25) is 0 Å². The molecule has 0 aliphatic carbocycles. The van der Waals surface area contributed by atoms with E-state index in [0.717, 1.165) is 34.6 Å². The molecule has 0 saturated heterocycles. The molecule has 0 fully saturated rings. The Morgan fingerprint density at radius 2 is 2.07 bits per heavy atom. The van der Waals surface area contributed by atoms with Crippen LogP contribution < -0.4 is 5.73 Å². The van der Waals surface area contributed by atoms with Gasteiger partial charge < -0.3 is 10.2 Å². The molecule has 0 spiro atoms. The lowest BCUT2D eigenvalue weighted by atomic mass is 10.2. The first-order valence-corrected chi connectivity index (χ1v) is 5.06. The molecule has 0 atom stereocenters. The Morgan fingerprint density at radius 1 is 1.29 bits per heavy atom. The molecule has 0 radical (unpaired) electrons. The maximum atomic E-state index is 6.16. The first kappa shape index (κ1) is 9.56. The molecule has 3 heteroatoms. The van der Waals surface area contributed by atoms with Crippen molar-refractivity contribution in [3.8, 4) is 0 Å². The maximum Gasteiger partial charge on any atom is 0.135 e. The summed E-state index contributed by atoms with van der Waals surface area (Å²) in [7, 11) is 0. The monoisotopic (exact) mass is 209 g/mol. The van der Waals surface area contributed by atoms with E-state index >= 15 is 0 Å². The number of furan rings is 1. The zero-order chi connectivity index (χ0) is 9.97. The van der Waals surface area contributed by atoms with Crippen LogP contribution in [0.5, 0.6) is 0 Å². The van der Waals surface area contributed by atoms with Crippen molar-refractivity contribution in [1.82, 2.24) is 0 Å². The van der Waals surface area contributed by atoms with E-state index in [1.54, 1.807) is 0 Å². The Morgan fingerprint density at radius 3 is 2.79 bits per heavy atom. The van der Waals surface area contributed by atoms with Gasteiger partial charge >= 0.3 is 0 Å². The predicted molar refractivity (Wildman–Crippen MR) is 58.6 cm³/mol. The Labute approximate surface area is 87.6 Å². The summed E-state index contributed by atoms with van der Waals surface area (Å²) in [4.78, 5) is 0. The number of nitrogens with two attached hydrogens (primary N) is 1. The average molecular weight is 210 g/mol. The molecule has 1 aromatic heterocycles. The van der Waals surface area contributed by atoms with Crippen LogP contribution in [0.4, 0.5) is 0 Å². The van der Waals surface area contributed by atoms with Gasteiger partial charge in [-0.25, -0.2) is 0 Å². The van der Waals surface area contributed by atoms with Crippen LogP contribution in [-0.2, 0) is 6.42 Å². The lowest BCUT2D eigenvalue weighted by Gasteiger charge is -1.93. The fourth-order valence-corrected chi connectivity index (χ4v) is 1.78. The van der Waals surface area contributed by atoms with E-state index in [4.69, 9.17) is 21.8 Å². The van der Waals surface area contributed by atoms with Crippen molar-refractivity contribution in [1.29, 1.82) is 0 Å². The van der Waals surface area contributed by atoms with Crippen molar-refractivity contribution in [3.05, 3.63) is 35.0 Å². The molecule has 0 amide bonds. The minimum absolute atomic E-state index is 0.660. The summed E-state index contributed by atoms with van der Waals surface area (Å²) < 4.78 is 5.61. The van der Waals surface area contributed by atoms with E-state index in [2.05, 4.69) is 0 Å². The molecule has 1 heterocycles. The fourth-order valence-electron chi connectivity index (χ4n) is 1.49. The van der Waals surface area contributed by atoms with E-state index in [0.29, 0.717) is 6.54 Å². The van der Waals surface area contributed by atoms with Gasteiger partial charge in [0.1, 0.15) is 11.3 Å². The highest BCUT2D eigenvalue weighted by atomic mass is 35.5. The highest BCUT2D eigenvalue weighted by Crippen LogP contribution is 2.30. The van der Waals surface area contributed by atoms with Gasteiger partial charge in [-0.3, -0.25) is 0 Å². The third-order valence-electron chi connectivity index (χ3n) is 2.21. The van der Waals surface area contributed by atoms with Crippen LogP contribution in [0.3, 0.4) is 0 Å². The standard InChI is InChI=1S/C11H12ClNO/c12-11-8-4-1-2-5-9(8)14-10(11)6-3-7-13/h1-2,4-5H,3,6-7,13H2. The Kier molecular flexibility index (Phi) is 2.75. The molecular weight excluding hydrogens is 198 g/mol. The lowest BCUT2D eigenvalue weighted by Crippen LogP contribution is -1.99. The quantitative estimate of drug-likeness (QED) is 0.844. The fraction of sp³-hybridized carbons (Fsp3) is 0.273. The molecule has 2 aromatic rings. The molecule has 2 rings (SSSR count). The van der Waals surface area contributed by atoms with Crippen LogP contribution in [0.1, 0.15) is 12.2 Å². The van der Waals surface area contributed by atoms with Gasteiger partial charge in [-0.1, -0.05) is 23.7 Å². The van der Waals surface area contributed by atoms with Crippen LogP contribution in [0.25, 0.3) is 11.0 Å². The summed E-state index contributed by atoms with van der Waals surface area (Å²) in [5.41, 5.74) is 6.29. The van der Waals surface area contributed by atoms with Crippen molar-refractivity contribution in [2.75, 3.05) is 6.54 Å². The Bertz CT molecular complexity index is 436. The summed E-state index contributed by atoms with van der Waals surface area (Å²) in [5, 5.41) is 1.72. The van der Waals surface area contributed by atoms with Gasteiger partial charge in [0.25, 0.3) is 0 Å². The minimum Gasteiger partial charge on any atom is -0.459 e. The van der Waals surface area contributed by atoms with E-state index in [1.165, 1.54) is 0 Å². The van der Waals surface area contributed by atoms with Gasteiger partial charge in [0.05, 0.1) is 5.02 Å². The topological polar surface area (TPSA) is 39.2 Å². The molecule has 0 aliphatic rings. The molecule has 0 unspecified atom stereocenters. The number of hydrogen-bond donors (Lipinski definition) is 1. The molecule has 1 aromatic carbocycles. The molecule has 0 aliphatic heterocycles. The number of para-hydroxylation sites is 1. The van der Waals surface area contributed by atoms with Crippen molar-refractivity contribution >= 4 is 22.6 Å². The van der Waals surface area contributed by atoms with E-state index in [1.807, 2.05) is 24.3 Å². The van der Waals surface area contributed by atoms with Crippen molar-refractivity contribution in [2.24, 2.45) is 5.73 Å². The summed E-state index contributed by atoms with van der Waals surface area (Å²) >= 11 is 6.16. The number of aryl methyl sites for hydroxylation is 1. The minimum atomic E-state index is 0.660. The highest BCUT2D eigenvalue weighted by Gasteiger charge is 2.10. The zero-order valence-corrected chi connectivity index (χ0v) is 8.55. The molecule has 0 bridgehead atoms. The van der Waals surface area contributed by atoms with Gasteiger partial charge in [-0.05, 0) is 25.1 Å². The highest BCUT2D eigenvalue weighted by molar-refractivity contribution is 6.36.